The van der Waals surface area contributed by atoms with Crippen LogP contribution in [0.2, 0.25) is 0 Å². The van der Waals surface area contributed by atoms with E-state index < -0.39 is 0 Å². The lowest BCUT2D eigenvalue weighted by Gasteiger charge is -2.42. The number of amides is 1. The van der Waals surface area contributed by atoms with E-state index in [4.69, 9.17) is 0 Å². The van der Waals surface area contributed by atoms with Gasteiger partial charge in [-0.15, -0.1) is 0 Å². The van der Waals surface area contributed by atoms with Gasteiger partial charge in [0.1, 0.15) is 5.69 Å². The second kappa shape index (κ2) is 7.88. The molecule has 5 heteroatoms. The minimum absolute atomic E-state index is 0.140. The predicted molar refractivity (Wildman–Crippen MR) is 113 cm³/mol. The summed E-state index contributed by atoms with van der Waals surface area (Å²) < 4.78 is 0. The highest BCUT2D eigenvalue weighted by atomic mass is 16.3. The average molecular weight is 384 g/mol. The fraction of sp³-hybridized carbons (Fsp3) is 0.609. The van der Waals surface area contributed by atoms with Crippen molar-refractivity contribution in [1.29, 1.82) is 0 Å². The van der Waals surface area contributed by atoms with Crippen molar-refractivity contribution in [2.24, 2.45) is 5.92 Å². The Kier molecular flexibility index (Phi) is 5.48. The Morgan fingerprint density at radius 1 is 1.14 bits per heavy atom. The minimum Gasteiger partial charge on any atom is -0.396 e. The van der Waals surface area contributed by atoms with Gasteiger partial charge in [0.2, 0.25) is 0 Å². The largest absolute Gasteiger partial charge is 0.396 e. The number of piperidine rings is 2. The monoisotopic (exact) mass is 383 g/mol. The van der Waals surface area contributed by atoms with E-state index in [2.05, 4.69) is 42.8 Å². The van der Waals surface area contributed by atoms with Crippen LogP contribution in [0.5, 0.6) is 0 Å². The van der Waals surface area contributed by atoms with Gasteiger partial charge in [-0.3, -0.25) is 9.69 Å². The lowest BCUT2D eigenvalue weighted by atomic mass is 9.94. The van der Waals surface area contributed by atoms with E-state index in [0.29, 0.717) is 18.6 Å². The summed E-state index contributed by atoms with van der Waals surface area (Å²) in [6.07, 6.45) is 4.37. The molecule has 5 nitrogen and oxygen atoms in total. The van der Waals surface area contributed by atoms with Gasteiger partial charge in [0, 0.05) is 36.6 Å². The molecule has 2 aliphatic rings. The molecule has 152 valence electrons. The zero-order valence-electron chi connectivity index (χ0n) is 17.4. The first kappa shape index (κ1) is 19.5. The summed E-state index contributed by atoms with van der Waals surface area (Å²) >= 11 is 0. The van der Waals surface area contributed by atoms with Crippen molar-refractivity contribution in [2.45, 2.75) is 52.5 Å². The van der Waals surface area contributed by atoms with E-state index in [1.807, 2.05) is 4.90 Å². The van der Waals surface area contributed by atoms with Gasteiger partial charge in [0.25, 0.3) is 5.91 Å². The first-order chi connectivity index (χ1) is 13.5. The van der Waals surface area contributed by atoms with Crippen LogP contribution in [0.4, 0.5) is 0 Å². The number of aromatic nitrogens is 1. The minimum atomic E-state index is 0.140. The molecule has 0 radical (unpaired) electrons. The molecule has 2 N–H and O–H groups in total. The van der Waals surface area contributed by atoms with E-state index in [1.54, 1.807) is 0 Å². The second-order valence-electron chi connectivity index (χ2n) is 8.84. The Labute approximate surface area is 167 Å². The summed E-state index contributed by atoms with van der Waals surface area (Å²) in [6.45, 7) is 10.3. The van der Waals surface area contributed by atoms with Crippen molar-refractivity contribution in [3.05, 3.63) is 34.5 Å². The first-order valence-electron chi connectivity index (χ1n) is 10.7. The second-order valence-corrected chi connectivity index (χ2v) is 8.84. The summed E-state index contributed by atoms with van der Waals surface area (Å²) in [5, 5.41) is 10.5. The number of rotatable bonds is 3. The molecular formula is C23H33N3O2. The third kappa shape index (κ3) is 3.58. The lowest BCUT2D eigenvalue weighted by molar-refractivity contribution is 0.0442. The van der Waals surface area contributed by atoms with Crippen LogP contribution >= 0.6 is 0 Å². The van der Waals surface area contributed by atoms with Crippen LogP contribution in [0.3, 0.4) is 0 Å². The Balaban J connectivity index is 1.51. The topological polar surface area (TPSA) is 59.6 Å². The maximum atomic E-state index is 13.4. The molecule has 2 saturated heterocycles. The van der Waals surface area contributed by atoms with Crippen LogP contribution in [-0.4, -0.2) is 64.6 Å². The number of fused-ring (bicyclic) bond motifs is 1. The van der Waals surface area contributed by atoms with E-state index in [0.717, 1.165) is 68.6 Å². The Morgan fingerprint density at radius 3 is 2.61 bits per heavy atom. The van der Waals surface area contributed by atoms with Gasteiger partial charge in [-0.2, -0.15) is 0 Å². The number of benzene rings is 1. The van der Waals surface area contributed by atoms with Crippen molar-refractivity contribution >= 4 is 16.8 Å². The number of hydrogen-bond donors (Lipinski definition) is 2. The summed E-state index contributed by atoms with van der Waals surface area (Å²) in [5.74, 6) is 0.596. The Bertz CT molecular complexity index is 864. The first-order valence-corrected chi connectivity index (χ1v) is 10.7. The maximum absolute atomic E-state index is 13.4. The van der Waals surface area contributed by atoms with Crippen LogP contribution in [0.1, 0.15) is 52.9 Å². The summed E-state index contributed by atoms with van der Waals surface area (Å²) in [7, 11) is 0. The molecule has 1 unspecified atom stereocenters. The molecule has 2 aliphatic heterocycles. The molecule has 0 bridgehead atoms. The SMILES string of the molecule is Cc1cc(C)c2[nH]c(C(=O)N3CCCC(N4CCC(CO)CC4)C3)c(C)c2c1. The third-order valence-electron chi connectivity index (χ3n) is 6.83. The normalized spacial score (nSPS) is 22.1. The highest BCUT2D eigenvalue weighted by Crippen LogP contribution is 2.28. The molecule has 3 heterocycles. The zero-order chi connectivity index (χ0) is 19.8. The number of aliphatic hydroxyl groups excluding tert-OH is 1. The number of aliphatic hydroxyl groups is 1. The van der Waals surface area contributed by atoms with Gasteiger partial charge < -0.3 is 15.0 Å². The van der Waals surface area contributed by atoms with Crippen LogP contribution in [0, 0.1) is 26.7 Å². The third-order valence-corrected chi connectivity index (χ3v) is 6.83. The highest BCUT2D eigenvalue weighted by molar-refractivity contribution is 6.01. The van der Waals surface area contributed by atoms with E-state index in [-0.39, 0.29) is 5.91 Å². The maximum Gasteiger partial charge on any atom is 0.270 e. The van der Waals surface area contributed by atoms with Crippen LogP contribution in [0.15, 0.2) is 12.1 Å². The number of carbonyl (C=O) groups is 1. The molecule has 1 atom stereocenters. The van der Waals surface area contributed by atoms with E-state index in [9.17, 15) is 9.90 Å². The van der Waals surface area contributed by atoms with Gasteiger partial charge >= 0.3 is 0 Å². The van der Waals surface area contributed by atoms with Crippen LogP contribution in [-0.2, 0) is 0 Å². The van der Waals surface area contributed by atoms with Gasteiger partial charge in [0.05, 0.1) is 0 Å². The predicted octanol–water partition coefficient (Wildman–Crippen LogP) is 3.40. The van der Waals surface area contributed by atoms with Crippen molar-refractivity contribution < 1.29 is 9.90 Å². The molecule has 0 saturated carbocycles. The van der Waals surface area contributed by atoms with Gasteiger partial charge in [0.15, 0.2) is 0 Å². The number of nitrogens with zero attached hydrogens (tertiary/aromatic N) is 2. The molecule has 4 rings (SSSR count). The van der Waals surface area contributed by atoms with Gasteiger partial charge in [-0.25, -0.2) is 0 Å². The lowest BCUT2D eigenvalue weighted by Crippen LogP contribution is -2.52. The van der Waals surface area contributed by atoms with E-state index >= 15 is 0 Å². The fourth-order valence-corrected chi connectivity index (χ4v) is 5.09. The number of hydrogen-bond acceptors (Lipinski definition) is 3. The number of carbonyl (C=O) groups excluding carboxylic acids is 1. The van der Waals surface area contributed by atoms with Crippen molar-refractivity contribution in [2.75, 3.05) is 32.8 Å². The highest BCUT2D eigenvalue weighted by Gasteiger charge is 2.31. The molecule has 28 heavy (non-hydrogen) atoms. The molecule has 1 aromatic heterocycles. The average Bonchev–Trinajstić information content (AvgIpc) is 3.04. The van der Waals surface area contributed by atoms with Crippen molar-refractivity contribution in [3.8, 4) is 0 Å². The molecular weight excluding hydrogens is 350 g/mol. The number of aromatic amines is 1. The molecule has 1 aromatic carbocycles. The Morgan fingerprint density at radius 2 is 1.89 bits per heavy atom. The standard InChI is InChI=1S/C23H33N3O2/c1-15-11-16(2)21-20(12-15)17(3)22(24-21)23(28)26-8-4-5-19(13-26)25-9-6-18(14-27)7-10-25/h11-12,18-19,24,27H,4-10,13-14H2,1-3H3. The summed E-state index contributed by atoms with van der Waals surface area (Å²) in [5.41, 5.74) is 5.34. The fourth-order valence-electron chi connectivity index (χ4n) is 5.09. The molecule has 2 fully saturated rings. The summed E-state index contributed by atoms with van der Waals surface area (Å²) in [4.78, 5) is 21.4. The summed E-state index contributed by atoms with van der Waals surface area (Å²) in [6, 6.07) is 4.79. The van der Waals surface area contributed by atoms with Gasteiger partial charge in [-0.05, 0) is 82.7 Å². The molecule has 1 amide bonds. The number of likely N-dealkylation sites (tertiary alicyclic amines) is 2. The van der Waals surface area contributed by atoms with E-state index in [1.165, 1.54) is 16.5 Å². The van der Waals surface area contributed by atoms with Crippen molar-refractivity contribution in [3.63, 3.8) is 0 Å². The zero-order valence-corrected chi connectivity index (χ0v) is 17.4. The molecule has 0 aliphatic carbocycles. The quantitative estimate of drug-likeness (QED) is 0.854. The van der Waals surface area contributed by atoms with Crippen molar-refractivity contribution in [1.82, 2.24) is 14.8 Å². The number of aryl methyl sites for hydroxylation is 3. The smallest absolute Gasteiger partial charge is 0.270 e. The Hall–Kier alpha value is -1.85. The molecule has 2 aromatic rings. The number of H-pyrrole nitrogens is 1. The van der Waals surface area contributed by atoms with Crippen LogP contribution < -0.4 is 0 Å². The van der Waals surface area contributed by atoms with Gasteiger partial charge in [-0.1, -0.05) is 11.6 Å². The molecule has 0 spiro atoms. The number of nitrogens with one attached hydrogen (secondary N) is 1. The van der Waals surface area contributed by atoms with Crippen LogP contribution in [0.25, 0.3) is 10.9 Å².